The van der Waals surface area contributed by atoms with E-state index in [0.29, 0.717) is 30.3 Å². The third kappa shape index (κ3) is 3.39. The van der Waals surface area contributed by atoms with Crippen LogP contribution in [0.1, 0.15) is 43.7 Å². The van der Waals surface area contributed by atoms with Gasteiger partial charge in [-0.15, -0.1) is 0 Å². The van der Waals surface area contributed by atoms with Gasteiger partial charge in [0.1, 0.15) is 5.82 Å². The number of aromatic nitrogens is 1. The molecule has 2 aliphatic heterocycles. The number of carbonyl (C=O) groups is 1. The molecule has 1 amide bonds. The minimum atomic E-state index is -0.932. The lowest BCUT2D eigenvalue weighted by molar-refractivity contribution is -0.122. The number of fused-ring (bicyclic) bond motifs is 2. The number of benzene rings is 2. The Morgan fingerprint density at radius 2 is 1.75 bits per heavy atom. The minimum Gasteiger partial charge on any atom is -0.361 e. The van der Waals surface area contributed by atoms with Gasteiger partial charge in [0.2, 0.25) is 5.91 Å². The van der Waals surface area contributed by atoms with Crippen molar-refractivity contribution in [1.82, 2.24) is 9.88 Å². The molecule has 1 N–H and O–H groups in total. The molecule has 0 saturated carbocycles. The number of likely N-dealkylation sites (tertiary alicyclic amines) is 1. The van der Waals surface area contributed by atoms with Gasteiger partial charge >= 0.3 is 0 Å². The molecule has 2 aliphatic rings. The van der Waals surface area contributed by atoms with Crippen LogP contribution in [0.5, 0.6) is 0 Å². The molecule has 0 bridgehead atoms. The predicted molar refractivity (Wildman–Crippen MR) is 118 cm³/mol. The summed E-state index contributed by atoms with van der Waals surface area (Å²) >= 11 is 0. The van der Waals surface area contributed by atoms with Gasteiger partial charge in [-0.3, -0.25) is 4.79 Å². The molecular weight excluding hydrogens is 415 g/mol. The lowest BCUT2D eigenvalue weighted by atomic mass is 9.86. The summed E-state index contributed by atoms with van der Waals surface area (Å²) in [4.78, 5) is 20.0. The average Bonchev–Trinajstić information content (AvgIpc) is 3.25. The lowest BCUT2D eigenvalue weighted by Crippen LogP contribution is -2.43. The van der Waals surface area contributed by atoms with Crippen LogP contribution in [-0.2, 0) is 10.2 Å². The van der Waals surface area contributed by atoms with Gasteiger partial charge in [-0.2, -0.15) is 0 Å². The van der Waals surface area contributed by atoms with Crippen LogP contribution in [0.3, 0.4) is 0 Å². The summed E-state index contributed by atoms with van der Waals surface area (Å²) in [6, 6.07) is 7.15. The highest BCUT2D eigenvalue weighted by molar-refractivity contribution is 6.07. The van der Waals surface area contributed by atoms with Crippen molar-refractivity contribution in [2.24, 2.45) is 0 Å². The molecule has 4 nitrogen and oxygen atoms in total. The summed E-state index contributed by atoms with van der Waals surface area (Å²) in [7, 11) is 0. The topological polar surface area (TPSA) is 39.3 Å². The number of rotatable bonds is 4. The van der Waals surface area contributed by atoms with E-state index in [0.717, 1.165) is 49.0 Å². The predicted octanol–water partition coefficient (Wildman–Crippen LogP) is 5.09. The quantitative estimate of drug-likeness (QED) is 0.613. The van der Waals surface area contributed by atoms with Crippen LogP contribution in [-0.4, -0.2) is 42.0 Å². The van der Waals surface area contributed by atoms with Gasteiger partial charge in [0.25, 0.3) is 0 Å². The number of halogens is 3. The first-order chi connectivity index (χ1) is 15.3. The van der Waals surface area contributed by atoms with Crippen molar-refractivity contribution in [1.29, 1.82) is 0 Å². The summed E-state index contributed by atoms with van der Waals surface area (Å²) in [5.74, 6) is -1.83. The Hall–Kier alpha value is -2.80. The Labute approximate surface area is 185 Å². The standard InChI is InChI=1S/C25H26F3N3O/c1-25(2)19-12-20(27)21(28)13-23(19)31(24(25)32)10-9-30-7-5-15(6-8-30)18-14-29-22-11-16(26)3-4-17(18)22/h3-4,11-15,29H,5-10H2,1-2H3. The first-order valence-corrected chi connectivity index (χ1v) is 11.1. The molecule has 5 rings (SSSR count). The Kier molecular flexibility index (Phi) is 5.04. The van der Waals surface area contributed by atoms with E-state index in [1.807, 2.05) is 12.3 Å². The van der Waals surface area contributed by atoms with E-state index in [9.17, 15) is 18.0 Å². The van der Waals surface area contributed by atoms with Crippen LogP contribution >= 0.6 is 0 Å². The molecular formula is C25H26F3N3O. The zero-order valence-electron chi connectivity index (χ0n) is 18.2. The zero-order valence-corrected chi connectivity index (χ0v) is 18.2. The fourth-order valence-electron chi connectivity index (χ4n) is 5.21. The summed E-state index contributed by atoms with van der Waals surface area (Å²) < 4.78 is 41.1. The maximum atomic E-state index is 13.9. The molecule has 0 spiro atoms. The van der Waals surface area contributed by atoms with Crippen molar-refractivity contribution >= 4 is 22.5 Å². The number of hydrogen-bond acceptors (Lipinski definition) is 2. The van der Waals surface area contributed by atoms with Crippen molar-refractivity contribution in [3.8, 4) is 0 Å². The van der Waals surface area contributed by atoms with E-state index < -0.39 is 17.0 Å². The maximum absolute atomic E-state index is 13.9. The van der Waals surface area contributed by atoms with Crippen LogP contribution in [0.2, 0.25) is 0 Å². The number of anilines is 1. The highest BCUT2D eigenvalue weighted by Gasteiger charge is 2.44. The molecule has 7 heteroatoms. The van der Waals surface area contributed by atoms with E-state index in [2.05, 4.69) is 9.88 Å². The number of amides is 1. The Morgan fingerprint density at radius 1 is 1.03 bits per heavy atom. The molecule has 1 saturated heterocycles. The molecule has 168 valence electrons. The SMILES string of the molecule is CC1(C)C(=O)N(CCN2CCC(c3c[nH]c4cc(F)ccc34)CC2)c2cc(F)c(F)cc21. The second-order valence-corrected chi connectivity index (χ2v) is 9.42. The Balaban J connectivity index is 1.25. The Bertz CT molecular complexity index is 1190. The van der Waals surface area contributed by atoms with Gasteiger partial charge in [-0.1, -0.05) is 0 Å². The first kappa shape index (κ1) is 21.1. The number of carbonyl (C=O) groups excluding carboxylic acids is 1. The molecule has 32 heavy (non-hydrogen) atoms. The molecule has 0 atom stereocenters. The second-order valence-electron chi connectivity index (χ2n) is 9.42. The highest BCUT2D eigenvalue weighted by Crippen LogP contribution is 2.42. The maximum Gasteiger partial charge on any atom is 0.237 e. The van der Waals surface area contributed by atoms with Crippen LogP contribution in [0.15, 0.2) is 36.5 Å². The van der Waals surface area contributed by atoms with Crippen LogP contribution in [0, 0.1) is 17.5 Å². The van der Waals surface area contributed by atoms with Crippen molar-refractivity contribution in [2.45, 2.75) is 38.0 Å². The number of nitrogens with zero attached hydrogens (tertiary/aromatic N) is 2. The van der Waals surface area contributed by atoms with Gasteiger partial charge < -0.3 is 14.8 Å². The summed E-state index contributed by atoms with van der Waals surface area (Å²) in [5, 5.41) is 1.07. The van der Waals surface area contributed by atoms with Gasteiger partial charge in [0.05, 0.1) is 11.1 Å². The molecule has 0 aliphatic carbocycles. The number of piperidine rings is 1. The second kappa shape index (κ2) is 7.66. The fourth-order valence-corrected chi connectivity index (χ4v) is 5.21. The number of H-pyrrole nitrogens is 1. The van der Waals surface area contributed by atoms with E-state index in [4.69, 9.17) is 0 Å². The molecule has 3 aromatic rings. The van der Waals surface area contributed by atoms with Crippen LogP contribution in [0.4, 0.5) is 18.9 Å². The summed E-state index contributed by atoms with van der Waals surface area (Å²) in [5.41, 5.74) is 2.18. The van der Waals surface area contributed by atoms with Crippen molar-refractivity contribution < 1.29 is 18.0 Å². The lowest BCUT2D eigenvalue weighted by Gasteiger charge is -2.33. The van der Waals surface area contributed by atoms with Crippen molar-refractivity contribution in [2.75, 3.05) is 31.1 Å². The summed E-state index contributed by atoms with van der Waals surface area (Å²) in [6.45, 7) is 6.39. The number of nitrogens with one attached hydrogen (secondary N) is 1. The van der Waals surface area contributed by atoms with Crippen LogP contribution < -0.4 is 4.90 Å². The van der Waals surface area contributed by atoms with Crippen molar-refractivity contribution in [3.05, 3.63) is 65.1 Å². The van der Waals surface area contributed by atoms with E-state index >= 15 is 0 Å². The zero-order chi connectivity index (χ0) is 22.6. The molecule has 1 aromatic heterocycles. The van der Waals surface area contributed by atoms with E-state index in [1.165, 1.54) is 17.7 Å². The molecule has 0 unspecified atom stereocenters. The first-order valence-electron chi connectivity index (χ1n) is 11.1. The third-order valence-corrected chi connectivity index (χ3v) is 7.13. The van der Waals surface area contributed by atoms with Gasteiger partial charge in [0, 0.05) is 36.3 Å². The monoisotopic (exact) mass is 441 g/mol. The molecule has 0 radical (unpaired) electrons. The molecule has 3 heterocycles. The van der Waals surface area contributed by atoms with Crippen LogP contribution in [0.25, 0.3) is 10.9 Å². The third-order valence-electron chi connectivity index (χ3n) is 7.13. The number of hydrogen-bond donors (Lipinski definition) is 1. The molecule has 2 aromatic carbocycles. The Morgan fingerprint density at radius 3 is 2.50 bits per heavy atom. The minimum absolute atomic E-state index is 0.126. The van der Waals surface area contributed by atoms with E-state index in [-0.39, 0.29) is 11.7 Å². The smallest absolute Gasteiger partial charge is 0.237 e. The number of aromatic amines is 1. The van der Waals surface area contributed by atoms with E-state index in [1.54, 1.807) is 18.7 Å². The molecule has 1 fully saturated rings. The summed E-state index contributed by atoms with van der Waals surface area (Å²) in [6.07, 6.45) is 3.93. The largest absolute Gasteiger partial charge is 0.361 e. The van der Waals surface area contributed by atoms with Gasteiger partial charge in [-0.25, -0.2) is 13.2 Å². The van der Waals surface area contributed by atoms with Crippen molar-refractivity contribution in [3.63, 3.8) is 0 Å². The highest BCUT2D eigenvalue weighted by atomic mass is 19.2. The van der Waals surface area contributed by atoms with Gasteiger partial charge in [0.15, 0.2) is 11.6 Å². The average molecular weight is 441 g/mol. The van der Waals surface area contributed by atoms with Gasteiger partial charge in [-0.05, 0) is 81.1 Å². The fraction of sp³-hybridized carbons (Fsp3) is 0.400. The normalized spacial score (nSPS) is 19.2.